The summed E-state index contributed by atoms with van der Waals surface area (Å²) < 4.78 is 37.8. The van der Waals surface area contributed by atoms with Crippen molar-refractivity contribution in [2.75, 3.05) is 144 Å². The van der Waals surface area contributed by atoms with E-state index in [1.807, 2.05) is 149 Å². The van der Waals surface area contributed by atoms with E-state index in [-0.39, 0.29) is 23.1 Å². The van der Waals surface area contributed by atoms with E-state index in [9.17, 15) is 19.8 Å². The first-order chi connectivity index (χ1) is 32.0. The third-order valence-corrected chi connectivity index (χ3v) is 11.4. The van der Waals surface area contributed by atoms with Crippen molar-refractivity contribution in [3.05, 3.63) is 142 Å². The number of carbonyl (C=O) groups excluding carboxylic acids is 2. The molecule has 0 aliphatic heterocycles. The van der Waals surface area contributed by atoms with Crippen molar-refractivity contribution >= 4 is 45.5 Å². The van der Waals surface area contributed by atoms with Crippen molar-refractivity contribution < 1.29 is 57.4 Å². The van der Waals surface area contributed by atoms with Crippen LogP contribution in [-0.4, -0.2) is 177 Å². The SMILES string of the molecule is CN(CCOCCOCCOCCOCCOCCOCCN(C)c1ccc(C2=C(O)C(=C3C=CC(=[N+](C)C)C=C3)C2=O)cc1)c1ccc(C2=C(O)C(=C3C=CC(=[N+](C)C)C=C3)C2=O)cc1. The molecule has 4 aliphatic rings. The van der Waals surface area contributed by atoms with E-state index in [0.717, 1.165) is 22.8 Å². The van der Waals surface area contributed by atoms with Crippen LogP contribution < -0.4 is 9.80 Å². The zero-order valence-electron chi connectivity index (χ0n) is 39.1. The van der Waals surface area contributed by atoms with Gasteiger partial charge in [-0.1, -0.05) is 24.3 Å². The Morgan fingerprint density at radius 2 is 0.682 bits per heavy atom. The lowest BCUT2D eigenvalue weighted by atomic mass is 9.80. The van der Waals surface area contributed by atoms with E-state index in [2.05, 4.69) is 9.80 Å². The lowest BCUT2D eigenvalue weighted by Gasteiger charge is -2.24. The third-order valence-electron chi connectivity index (χ3n) is 11.4. The zero-order valence-corrected chi connectivity index (χ0v) is 39.1. The number of aliphatic hydroxyl groups excluding tert-OH is 2. The maximum absolute atomic E-state index is 13.0. The number of nitrogens with zero attached hydrogens (tertiary/aromatic N) is 4. The van der Waals surface area contributed by atoms with E-state index in [4.69, 9.17) is 28.4 Å². The second-order valence-electron chi connectivity index (χ2n) is 16.3. The summed E-state index contributed by atoms with van der Waals surface area (Å²) in [6.45, 7) is 7.13. The monoisotopic (exact) mass is 904 g/mol. The van der Waals surface area contributed by atoms with Crippen molar-refractivity contribution in [3.8, 4) is 0 Å². The van der Waals surface area contributed by atoms with E-state index in [1.54, 1.807) is 0 Å². The number of Topliss-reactive ketones (excluding diaryl/α,β-unsaturated/α-hetero) is 2. The molecule has 2 N–H and O–H groups in total. The third kappa shape index (κ3) is 12.9. The molecule has 0 saturated carbocycles. The topological polar surface area (TPSA) is 142 Å². The van der Waals surface area contributed by atoms with Gasteiger partial charge in [-0.2, -0.15) is 0 Å². The Hall–Kier alpha value is -6.00. The zero-order chi connectivity index (χ0) is 47.0. The van der Waals surface area contributed by atoms with Crippen LogP contribution in [0, 0.1) is 0 Å². The summed E-state index contributed by atoms with van der Waals surface area (Å²) in [5.74, 6) is -0.231. The van der Waals surface area contributed by atoms with E-state index in [1.165, 1.54) is 0 Å². The van der Waals surface area contributed by atoms with Crippen LogP contribution in [0.1, 0.15) is 11.1 Å². The molecule has 2 aromatic rings. The smallest absolute Gasteiger partial charge is 0.201 e. The van der Waals surface area contributed by atoms with Crippen LogP contribution in [0.2, 0.25) is 0 Å². The molecule has 0 aromatic heterocycles. The summed E-state index contributed by atoms with van der Waals surface area (Å²) in [6.07, 6.45) is 15.1. The number of carbonyl (C=O) groups is 2. The van der Waals surface area contributed by atoms with Crippen LogP contribution >= 0.6 is 0 Å². The maximum Gasteiger partial charge on any atom is 0.201 e. The highest BCUT2D eigenvalue weighted by Crippen LogP contribution is 2.40. The number of rotatable bonds is 25. The largest absolute Gasteiger partial charge is 0.506 e. The molecular weight excluding hydrogens is 841 g/mol. The lowest BCUT2D eigenvalue weighted by Crippen LogP contribution is -2.24. The summed E-state index contributed by atoms with van der Waals surface area (Å²) in [6, 6.07) is 15.2. The summed E-state index contributed by atoms with van der Waals surface area (Å²) >= 11 is 0. The van der Waals surface area contributed by atoms with Gasteiger partial charge in [0.25, 0.3) is 0 Å². The number of ketones is 2. The number of ether oxygens (including phenoxy) is 6. The standard InChI is InChI=1S/C52H62N4O10/c1-53(2)41-15-7-37(8-16-41)45-49(57)47(50(45)58)39-11-19-43(20-12-39)55(5)23-25-61-27-29-63-31-33-65-35-36-66-34-32-64-30-28-62-26-24-56(6)44-21-13-40(14-22-44)48-51(59)46(52(48)60)38-9-17-42(18-10-38)54(3)4/h7-22H,23-36H2,1-6H3/p+2. The minimum Gasteiger partial charge on any atom is -0.506 e. The summed E-state index contributed by atoms with van der Waals surface area (Å²) in [5.41, 5.74) is 8.22. The molecule has 66 heavy (non-hydrogen) atoms. The van der Waals surface area contributed by atoms with Crippen LogP contribution in [-0.2, 0) is 38.0 Å². The summed E-state index contributed by atoms with van der Waals surface area (Å²) in [5, 5.41) is 21.5. The van der Waals surface area contributed by atoms with Crippen LogP contribution in [0.3, 0.4) is 0 Å². The molecule has 0 radical (unpaired) electrons. The highest BCUT2D eigenvalue weighted by Gasteiger charge is 2.37. The Balaban J connectivity index is 0.716. The van der Waals surface area contributed by atoms with Crippen LogP contribution in [0.5, 0.6) is 0 Å². The molecule has 14 heteroatoms. The Morgan fingerprint density at radius 3 is 0.939 bits per heavy atom. The molecule has 0 bridgehead atoms. The number of aliphatic hydroxyl groups is 2. The average Bonchev–Trinajstić information content (AvgIpc) is 3.31. The first kappa shape index (κ1) is 49.4. The number of allylic oxidation sites excluding steroid dienone is 14. The van der Waals surface area contributed by atoms with Gasteiger partial charge in [-0.15, -0.1) is 0 Å². The molecule has 0 atom stereocenters. The second kappa shape index (κ2) is 24.5. The van der Waals surface area contributed by atoms with Gasteiger partial charge in [0.2, 0.25) is 11.6 Å². The van der Waals surface area contributed by atoms with Crippen molar-refractivity contribution in [1.82, 2.24) is 0 Å². The predicted octanol–water partition coefficient (Wildman–Crippen LogP) is 5.33. The molecule has 0 fully saturated rings. The number of likely N-dealkylation sites (N-methyl/N-ethyl adjacent to an activating group) is 2. The van der Waals surface area contributed by atoms with Crippen molar-refractivity contribution in [2.45, 2.75) is 0 Å². The Labute approximate surface area is 388 Å². The molecule has 4 aliphatic carbocycles. The molecule has 0 spiro atoms. The maximum atomic E-state index is 13.0. The van der Waals surface area contributed by atoms with Gasteiger partial charge in [0.1, 0.15) is 39.7 Å². The highest BCUT2D eigenvalue weighted by atomic mass is 16.6. The van der Waals surface area contributed by atoms with Crippen LogP contribution in [0.15, 0.2) is 131 Å². The van der Waals surface area contributed by atoms with Gasteiger partial charge in [-0.05, 0) is 70.8 Å². The number of hydrogen-bond acceptors (Lipinski definition) is 12. The minimum absolute atomic E-state index is 0.0360. The van der Waals surface area contributed by atoms with Crippen molar-refractivity contribution in [3.63, 3.8) is 0 Å². The Morgan fingerprint density at radius 1 is 0.409 bits per heavy atom. The molecule has 0 heterocycles. The molecule has 0 unspecified atom stereocenters. The number of hydrogen-bond donors (Lipinski definition) is 2. The van der Waals surface area contributed by atoms with Gasteiger partial charge >= 0.3 is 0 Å². The fraction of sp³-hybridized carbons (Fsp3) is 0.385. The van der Waals surface area contributed by atoms with Crippen molar-refractivity contribution in [1.29, 1.82) is 0 Å². The Kier molecular flexibility index (Phi) is 18.4. The van der Waals surface area contributed by atoms with Gasteiger partial charge in [0.15, 0.2) is 11.4 Å². The predicted molar refractivity (Wildman–Crippen MR) is 258 cm³/mol. The lowest BCUT2D eigenvalue weighted by molar-refractivity contribution is -0.462. The number of anilines is 2. The molecule has 0 saturated heterocycles. The van der Waals surface area contributed by atoms with Crippen molar-refractivity contribution in [2.24, 2.45) is 0 Å². The summed E-state index contributed by atoms with van der Waals surface area (Å²) in [4.78, 5) is 30.1. The molecule has 2 aromatic carbocycles. The molecule has 0 amide bonds. The molecule has 6 rings (SSSR count). The van der Waals surface area contributed by atoms with Crippen LogP contribution in [0.4, 0.5) is 11.4 Å². The molecular formula is C52H64N4O10+2. The van der Waals surface area contributed by atoms with E-state index < -0.39 is 0 Å². The normalized spacial score (nSPS) is 15.7. The van der Waals surface area contributed by atoms with Gasteiger partial charge in [0, 0.05) is 62.9 Å². The summed E-state index contributed by atoms with van der Waals surface area (Å²) in [7, 11) is 11.8. The second-order valence-corrected chi connectivity index (χ2v) is 16.3. The van der Waals surface area contributed by atoms with Crippen LogP contribution in [0.25, 0.3) is 11.1 Å². The first-order valence-electron chi connectivity index (χ1n) is 22.3. The average molecular weight is 905 g/mol. The van der Waals surface area contributed by atoms with E-state index in [0.29, 0.717) is 137 Å². The quantitative estimate of drug-likeness (QED) is 0.0756. The Bertz CT molecular complexity index is 2190. The highest BCUT2D eigenvalue weighted by molar-refractivity contribution is 6.40. The van der Waals surface area contributed by atoms with Gasteiger partial charge in [0.05, 0.1) is 102 Å². The fourth-order valence-electron chi connectivity index (χ4n) is 7.36. The van der Waals surface area contributed by atoms with Gasteiger partial charge < -0.3 is 48.4 Å². The van der Waals surface area contributed by atoms with Gasteiger partial charge in [-0.3, -0.25) is 9.59 Å². The first-order valence-corrected chi connectivity index (χ1v) is 22.3. The van der Waals surface area contributed by atoms with Gasteiger partial charge in [-0.25, -0.2) is 9.15 Å². The fourth-order valence-corrected chi connectivity index (χ4v) is 7.36. The molecule has 350 valence electrons. The molecule has 14 nitrogen and oxygen atoms in total. The minimum atomic E-state index is -0.151. The number of benzene rings is 2. The van der Waals surface area contributed by atoms with E-state index >= 15 is 0 Å².